The van der Waals surface area contributed by atoms with Gasteiger partial charge in [-0.15, -0.1) is 11.3 Å². The molecule has 194 valence electrons. The highest BCUT2D eigenvalue weighted by Gasteiger charge is 2.74. The lowest BCUT2D eigenvalue weighted by molar-refractivity contribution is -0.0262. The van der Waals surface area contributed by atoms with Crippen molar-refractivity contribution in [2.24, 2.45) is 5.92 Å². The fourth-order valence-corrected chi connectivity index (χ4v) is 6.14. The van der Waals surface area contributed by atoms with E-state index in [1.807, 2.05) is 31.2 Å². The van der Waals surface area contributed by atoms with Crippen molar-refractivity contribution in [3.8, 4) is 10.6 Å². The average Bonchev–Trinajstić information content (AvgIpc) is 3.16. The minimum absolute atomic E-state index is 0.344. The standard InChI is InChI=1S/C25H34N6O4S/c1-4-31(5-2)22-18(23-28-15-9-7-8-10-17(15)36-23)21(29-24(30-22)26-11-12-35-6-3)27-16-13-14-19(32)25(14,34)20(16)33/h7-10,14,16,19-20,32-34H,4-6,11-13H2,1-3H3,(H2,26,27,29,30)/t14-,16-,19?,20+,25+/m1/s1. The highest BCUT2D eigenvalue weighted by Crippen LogP contribution is 2.56. The monoisotopic (exact) mass is 514 g/mol. The van der Waals surface area contributed by atoms with E-state index in [4.69, 9.17) is 19.7 Å². The second-order valence-electron chi connectivity index (χ2n) is 9.25. The Morgan fingerprint density at radius 3 is 2.56 bits per heavy atom. The first-order chi connectivity index (χ1) is 17.4. The zero-order valence-corrected chi connectivity index (χ0v) is 21.6. The number of benzene rings is 1. The summed E-state index contributed by atoms with van der Waals surface area (Å²) in [7, 11) is 0. The molecule has 0 spiro atoms. The van der Waals surface area contributed by atoms with Crippen molar-refractivity contribution in [1.29, 1.82) is 0 Å². The number of para-hydroxylation sites is 1. The number of hydrogen-bond donors (Lipinski definition) is 5. The quantitative estimate of drug-likeness (QED) is 0.243. The summed E-state index contributed by atoms with van der Waals surface area (Å²) in [6, 6.07) is 7.51. The summed E-state index contributed by atoms with van der Waals surface area (Å²) in [6.07, 6.45) is -1.56. The third kappa shape index (κ3) is 4.28. The molecule has 0 amide bonds. The van der Waals surface area contributed by atoms with Gasteiger partial charge in [-0.2, -0.15) is 9.97 Å². The van der Waals surface area contributed by atoms with Gasteiger partial charge in [-0.3, -0.25) is 0 Å². The maximum absolute atomic E-state index is 10.8. The van der Waals surface area contributed by atoms with Gasteiger partial charge in [0.1, 0.15) is 28.3 Å². The van der Waals surface area contributed by atoms with Crippen molar-refractivity contribution in [3.63, 3.8) is 0 Å². The Hall–Kier alpha value is -2.57. The number of rotatable bonds is 11. The number of fused-ring (bicyclic) bond motifs is 2. The van der Waals surface area contributed by atoms with Crippen LogP contribution in [0.25, 0.3) is 20.8 Å². The Morgan fingerprint density at radius 1 is 1.11 bits per heavy atom. The molecule has 5 atom stereocenters. The summed E-state index contributed by atoms with van der Waals surface area (Å²) < 4.78 is 6.51. The lowest BCUT2D eigenvalue weighted by Gasteiger charge is -2.28. The van der Waals surface area contributed by atoms with Crippen LogP contribution in [0, 0.1) is 5.92 Å². The van der Waals surface area contributed by atoms with Gasteiger partial charge in [0.05, 0.1) is 34.5 Å². The highest BCUT2D eigenvalue weighted by atomic mass is 32.1. The van der Waals surface area contributed by atoms with Gasteiger partial charge < -0.3 is 35.6 Å². The molecular formula is C25H34N6O4S. The van der Waals surface area contributed by atoms with Crippen molar-refractivity contribution < 1.29 is 20.1 Å². The van der Waals surface area contributed by atoms with Crippen LogP contribution in [0.2, 0.25) is 0 Å². The summed E-state index contributed by atoms with van der Waals surface area (Å²) in [5.74, 6) is 1.38. The SMILES string of the molecule is CCOCCNc1nc(N[C@@H]2C[C@@H]3C(O)[C@]3(O)[C@H]2O)c(-c2nc3ccccc3s2)c(N(CC)CC)n1. The topological polar surface area (TPSA) is 136 Å². The van der Waals surface area contributed by atoms with E-state index in [-0.39, 0.29) is 5.92 Å². The zero-order valence-electron chi connectivity index (χ0n) is 20.8. The fourth-order valence-electron chi connectivity index (χ4n) is 5.14. The number of aliphatic hydroxyl groups excluding tert-OH is 2. The van der Waals surface area contributed by atoms with Crippen molar-refractivity contribution in [3.05, 3.63) is 24.3 Å². The molecule has 5 N–H and O–H groups in total. The lowest BCUT2D eigenvalue weighted by Crippen LogP contribution is -2.42. The first kappa shape index (κ1) is 25.1. The number of aromatic nitrogens is 3. The van der Waals surface area contributed by atoms with Crippen molar-refractivity contribution in [1.82, 2.24) is 15.0 Å². The van der Waals surface area contributed by atoms with Crippen LogP contribution < -0.4 is 15.5 Å². The van der Waals surface area contributed by atoms with Gasteiger partial charge in [0.25, 0.3) is 0 Å². The first-order valence-corrected chi connectivity index (χ1v) is 13.4. The maximum atomic E-state index is 10.8. The van der Waals surface area contributed by atoms with Crippen LogP contribution in [0.4, 0.5) is 17.6 Å². The molecule has 2 heterocycles. The van der Waals surface area contributed by atoms with E-state index in [0.717, 1.165) is 39.7 Å². The second-order valence-corrected chi connectivity index (χ2v) is 10.3. The summed E-state index contributed by atoms with van der Waals surface area (Å²) in [4.78, 5) is 16.7. The zero-order chi connectivity index (χ0) is 25.4. The number of nitrogens with zero attached hydrogens (tertiary/aromatic N) is 4. The molecule has 1 aromatic carbocycles. The van der Waals surface area contributed by atoms with Crippen LogP contribution in [-0.4, -0.2) is 87.0 Å². The van der Waals surface area contributed by atoms with Crippen molar-refractivity contribution in [2.45, 2.75) is 51.0 Å². The van der Waals surface area contributed by atoms with Gasteiger partial charge in [-0.1, -0.05) is 12.1 Å². The van der Waals surface area contributed by atoms with Crippen molar-refractivity contribution >= 4 is 39.1 Å². The number of hydrogen-bond acceptors (Lipinski definition) is 11. The summed E-state index contributed by atoms with van der Waals surface area (Å²) in [5, 5.41) is 39.0. The predicted molar refractivity (Wildman–Crippen MR) is 142 cm³/mol. The third-order valence-corrected chi connectivity index (χ3v) is 8.27. The fraction of sp³-hybridized carbons (Fsp3) is 0.560. The minimum Gasteiger partial charge on any atom is -0.390 e. The van der Waals surface area contributed by atoms with Crippen molar-refractivity contribution in [2.75, 3.05) is 48.4 Å². The van der Waals surface area contributed by atoms with Crippen LogP contribution in [0.3, 0.4) is 0 Å². The van der Waals surface area contributed by atoms with Crippen LogP contribution in [0.1, 0.15) is 27.2 Å². The predicted octanol–water partition coefficient (Wildman–Crippen LogP) is 2.31. The number of aliphatic hydroxyl groups is 3. The van der Waals surface area contributed by atoms with E-state index in [1.54, 1.807) is 11.3 Å². The normalized spacial score (nSPS) is 26.7. The average molecular weight is 515 g/mol. The Morgan fingerprint density at radius 2 is 1.89 bits per heavy atom. The van der Waals surface area contributed by atoms with Gasteiger partial charge in [-0.25, -0.2) is 4.98 Å². The number of anilines is 3. The van der Waals surface area contributed by atoms with Crippen LogP contribution >= 0.6 is 11.3 Å². The summed E-state index contributed by atoms with van der Waals surface area (Å²) in [6.45, 7) is 9.29. The van der Waals surface area contributed by atoms with Crippen LogP contribution in [-0.2, 0) is 4.74 Å². The molecule has 0 bridgehead atoms. The lowest BCUT2D eigenvalue weighted by atomic mass is 10.1. The molecule has 0 aliphatic heterocycles. The highest BCUT2D eigenvalue weighted by molar-refractivity contribution is 7.21. The van der Waals surface area contributed by atoms with Gasteiger partial charge in [0.15, 0.2) is 0 Å². The second kappa shape index (κ2) is 10.1. The molecule has 2 fully saturated rings. The van der Waals surface area contributed by atoms with E-state index < -0.39 is 23.9 Å². The molecule has 2 saturated carbocycles. The van der Waals surface area contributed by atoms with Gasteiger partial charge in [0, 0.05) is 32.2 Å². The Balaban J connectivity index is 1.59. The largest absolute Gasteiger partial charge is 0.390 e. The van der Waals surface area contributed by atoms with Crippen LogP contribution in [0.15, 0.2) is 24.3 Å². The Labute approximate surface area is 214 Å². The molecule has 11 heteroatoms. The number of ether oxygens (including phenoxy) is 1. The summed E-state index contributed by atoms with van der Waals surface area (Å²) in [5.41, 5.74) is 0.198. The molecule has 3 aromatic rings. The van der Waals surface area contributed by atoms with Gasteiger partial charge >= 0.3 is 0 Å². The minimum atomic E-state index is -1.46. The Bertz CT molecular complexity index is 1190. The molecule has 1 unspecified atom stereocenters. The van der Waals surface area contributed by atoms with Gasteiger partial charge in [-0.05, 0) is 39.3 Å². The molecular weight excluding hydrogens is 480 g/mol. The molecule has 2 aliphatic carbocycles. The third-order valence-electron chi connectivity index (χ3n) is 7.22. The molecule has 2 aliphatic rings. The Kier molecular flexibility index (Phi) is 7.01. The molecule has 2 aromatic heterocycles. The van der Waals surface area contributed by atoms with Gasteiger partial charge in [0.2, 0.25) is 5.95 Å². The van der Waals surface area contributed by atoms with E-state index in [9.17, 15) is 15.3 Å². The summed E-state index contributed by atoms with van der Waals surface area (Å²) >= 11 is 1.57. The van der Waals surface area contributed by atoms with E-state index >= 15 is 0 Å². The maximum Gasteiger partial charge on any atom is 0.226 e. The number of nitrogens with one attached hydrogen (secondary N) is 2. The smallest absolute Gasteiger partial charge is 0.226 e. The molecule has 0 saturated heterocycles. The molecule has 36 heavy (non-hydrogen) atoms. The molecule has 0 radical (unpaired) electrons. The van der Waals surface area contributed by atoms with E-state index in [2.05, 4.69) is 29.4 Å². The molecule has 10 nitrogen and oxygen atoms in total. The van der Waals surface area contributed by atoms with E-state index in [0.29, 0.717) is 37.9 Å². The number of thiazole rings is 1. The van der Waals surface area contributed by atoms with Crippen LogP contribution in [0.5, 0.6) is 0 Å². The first-order valence-electron chi connectivity index (χ1n) is 12.6. The molecule has 5 rings (SSSR count). The van der Waals surface area contributed by atoms with E-state index in [1.165, 1.54) is 0 Å².